The van der Waals surface area contributed by atoms with Crippen LogP contribution in [0.5, 0.6) is 0 Å². The van der Waals surface area contributed by atoms with Gasteiger partial charge in [0.05, 0.1) is 0 Å². The van der Waals surface area contributed by atoms with Gasteiger partial charge in [-0.1, -0.05) is 0 Å². The van der Waals surface area contributed by atoms with E-state index >= 15 is 0 Å². The van der Waals surface area contributed by atoms with E-state index < -0.39 is 18.5 Å². The zero-order valence-corrected chi connectivity index (χ0v) is 14.6. The van der Waals surface area contributed by atoms with Crippen LogP contribution < -0.4 is 5.32 Å². The van der Waals surface area contributed by atoms with Crippen LogP contribution in [0.1, 0.15) is 15.4 Å². The zero-order chi connectivity index (χ0) is 18.2. The number of carbonyl (C=O) groups is 3. The minimum absolute atomic E-state index is 0.126. The number of ether oxygens (including phenoxy) is 1. The molecular formula is C17H17N3O4S. The number of carbonyl (C=O) groups excluding carboxylic acids is 3. The third-order valence-corrected chi connectivity index (χ3v) is 3.72. The molecule has 0 fully saturated rings. The Balaban J connectivity index is 1.80. The third kappa shape index (κ3) is 5.85. The Bertz CT molecular complexity index is 768. The van der Waals surface area contributed by atoms with Crippen molar-refractivity contribution in [2.75, 3.05) is 26.0 Å². The van der Waals surface area contributed by atoms with Crippen LogP contribution in [0.2, 0.25) is 0 Å². The summed E-state index contributed by atoms with van der Waals surface area (Å²) in [6, 6.07) is 6.44. The molecule has 2 amide bonds. The summed E-state index contributed by atoms with van der Waals surface area (Å²) in [5.74, 6) is -1.22. The number of benzene rings is 1. The number of nitrogens with zero attached hydrogens (tertiary/aromatic N) is 2. The third-order valence-electron chi connectivity index (χ3n) is 2.98. The predicted octanol–water partition coefficient (Wildman–Crippen LogP) is 2.04. The molecule has 1 aromatic heterocycles. The van der Waals surface area contributed by atoms with E-state index in [0.29, 0.717) is 16.3 Å². The van der Waals surface area contributed by atoms with Crippen molar-refractivity contribution in [3.05, 3.63) is 52.5 Å². The van der Waals surface area contributed by atoms with Crippen molar-refractivity contribution >= 4 is 40.9 Å². The molecule has 0 unspecified atom stereocenters. The highest BCUT2D eigenvalue weighted by Gasteiger charge is 2.09. The van der Waals surface area contributed by atoms with Crippen molar-refractivity contribution in [2.24, 2.45) is 0 Å². The van der Waals surface area contributed by atoms with E-state index in [4.69, 9.17) is 4.74 Å². The summed E-state index contributed by atoms with van der Waals surface area (Å²) >= 11 is 1.38. The number of anilines is 1. The topological polar surface area (TPSA) is 88.6 Å². The minimum atomic E-state index is -0.628. The first kappa shape index (κ1) is 18.3. The lowest BCUT2D eigenvalue weighted by Crippen LogP contribution is -2.22. The fourth-order valence-corrected chi connectivity index (χ4v) is 2.32. The van der Waals surface area contributed by atoms with Gasteiger partial charge in [-0.3, -0.25) is 9.59 Å². The van der Waals surface area contributed by atoms with Crippen LogP contribution in [0.3, 0.4) is 0 Å². The molecule has 0 bridgehead atoms. The highest BCUT2D eigenvalue weighted by atomic mass is 32.1. The molecule has 0 aliphatic rings. The second kappa shape index (κ2) is 8.74. The number of hydrogen-bond donors (Lipinski definition) is 1. The lowest BCUT2D eigenvalue weighted by Gasteiger charge is -2.11. The van der Waals surface area contributed by atoms with E-state index in [9.17, 15) is 14.4 Å². The number of amides is 2. The van der Waals surface area contributed by atoms with Crippen molar-refractivity contribution in [2.45, 2.75) is 0 Å². The maximum absolute atomic E-state index is 11.8. The second-order valence-electron chi connectivity index (χ2n) is 5.14. The van der Waals surface area contributed by atoms with E-state index in [2.05, 4.69) is 10.3 Å². The van der Waals surface area contributed by atoms with E-state index in [1.165, 1.54) is 28.4 Å². The molecule has 0 atom stereocenters. The number of nitrogens with one attached hydrogen (secondary N) is 1. The lowest BCUT2D eigenvalue weighted by atomic mass is 10.2. The summed E-state index contributed by atoms with van der Waals surface area (Å²) in [5, 5.41) is 5.05. The molecule has 0 aliphatic heterocycles. The van der Waals surface area contributed by atoms with E-state index in [0.717, 1.165) is 0 Å². The van der Waals surface area contributed by atoms with Gasteiger partial charge in [0, 0.05) is 43.0 Å². The van der Waals surface area contributed by atoms with Crippen molar-refractivity contribution < 1.29 is 19.1 Å². The predicted molar refractivity (Wildman–Crippen MR) is 95.2 cm³/mol. The minimum Gasteiger partial charge on any atom is -0.452 e. The number of thiazole rings is 1. The molecular weight excluding hydrogens is 342 g/mol. The lowest BCUT2D eigenvalue weighted by molar-refractivity contribution is -0.142. The summed E-state index contributed by atoms with van der Waals surface area (Å²) < 4.78 is 4.85. The highest BCUT2D eigenvalue weighted by Crippen LogP contribution is 2.11. The SMILES string of the molecule is CN(C)C(=O)c1ccc(NC(=O)COC(=O)C=Cc2nccs2)cc1. The van der Waals surface area contributed by atoms with E-state index in [-0.39, 0.29) is 5.91 Å². The Labute approximate surface area is 148 Å². The van der Waals surface area contributed by atoms with E-state index in [1.54, 1.807) is 49.9 Å². The summed E-state index contributed by atoms with van der Waals surface area (Å²) in [4.78, 5) is 40.5. The van der Waals surface area contributed by atoms with Crippen LogP contribution in [0.4, 0.5) is 5.69 Å². The molecule has 0 radical (unpaired) electrons. The Hall–Kier alpha value is -3.00. The molecule has 0 spiro atoms. The van der Waals surface area contributed by atoms with Gasteiger partial charge in [-0.25, -0.2) is 9.78 Å². The van der Waals surface area contributed by atoms with Gasteiger partial charge >= 0.3 is 5.97 Å². The summed E-state index contributed by atoms with van der Waals surface area (Å²) in [6.07, 6.45) is 4.36. The highest BCUT2D eigenvalue weighted by molar-refractivity contribution is 7.10. The Kier molecular flexibility index (Phi) is 6.41. The summed E-state index contributed by atoms with van der Waals surface area (Å²) in [7, 11) is 3.32. The van der Waals surface area contributed by atoms with Gasteiger partial charge < -0.3 is 15.0 Å². The van der Waals surface area contributed by atoms with Gasteiger partial charge in [0.1, 0.15) is 5.01 Å². The van der Waals surface area contributed by atoms with Gasteiger partial charge in [0.2, 0.25) is 0 Å². The normalized spacial score (nSPS) is 10.5. The molecule has 2 aromatic rings. The largest absolute Gasteiger partial charge is 0.452 e. The van der Waals surface area contributed by atoms with Crippen LogP contribution in [0.15, 0.2) is 41.9 Å². The maximum Gasteiger partial charge on any atom is 0.331 e. The monoisotopic (exact) mass is 359 g/mol. The molecule has 1 N–H and O–H groups in total. The van der Waals surface area contributed by atoms with Gasteiger partial charge in [-0.15, -0.1) is 11.3 Å². The molecule has 0 saturated heterocycles. The number of hydrogen-bond acceptors (Lipinski definition) is 6. The Morgan fingerprint density at radius 1 is 1.24 bits per heavy atom. The smallest absolute Gasteiger partial charge is 0.331 e. The number of esters is 1. The molecule has 0 saturated carbocycles. The Morgan fingerprint density at radius 3 is 2.56 bits per heavy atom. The van der Waals surface area contributed by atoms with Crippen molar-refractivity contribution in [1.29, 1.82) is 0 Å². The van der Waals surface area contributed by atoms with Gasteiger partial charge in [0.15, 0.2) is 6.61 Å². The molecule has 1 aromatic carbocycles. The molecule has 0 aliphatic carbocycles. The standard InChI is InChI=1S/C17H17N3O4S/c1-20(2)17(23)12-3-5-13(6-4-12)19-14(21)11-24-16(22)8-7-15-18-9-10-25-15/h3-10H,11H2,1-2H3,(H,19,21). The van der Waals surface area contributed by atoms with Gasteiger partial charge in [0.25, 0.3) is 11.8 Å². The fraction of sp³-hybridized carbons (Fsp3) is 0.176. The average molecular weight is 359 g/mol. The van der Waals surface area contributed by atoms with Crippen LogP contribution in [0, 0.1) is 0 Å². The zero-order valence-electron chi connectivity index (χ0n) is 13.8. The first-order valence-electron chi connectivity index (χ1n) is 7.31. The molecule has 8 heteroatoms. The molecule has 25 heavy (non-hydrogen) atoms. The average Bonchev–Trinajstić information content (AvgIpc) is 3.11. The first-order chi connectivity index (χ1) is 12.0. The van der Waals surface area contributed by atoms with Crippen molar-refractivity contribution in [3.8, 4) is 0 Å². The molecule has 130 valence electrons. The second-order valence-corrected chi connectivity index (χ2v) is 6.06. The molecule has 1 heterocycles. The van der Waals surface area contributed by atoms with Crippen LogP contribution in [-0.4, -0.2) is 48.4 Å². The number of rotatable bonds is 6. The maximum atomic E-state index is 11.8. The first-order valence-corrected chi connectivity index (χ1v) is 8.19. The van der Waals surface area contributed by atoms with Crippen LogP contribution >= 0.6 is 11.3 Å². The summed E-state index contributed by atoms with van der Waals surface area (Å²) in [5.41, 5.74) is 1.02. The Morgan fingerprint density at radius 2 is 1.96 bits per heavy atom. The van der Waals surface area contributed by atoms with Gasteiger partial charge in [-0.05, 0) is 30.3 Å². The van der Waals surface area contributed by atoms with Crippen LogP contribution in [-0.2, 0) is 14.3 Å². The summed E-state index contributed by atoms with van der Waals surface area (Å²) in [6.45, 7) is -0.403. The number of aromatic nitrogens is 1. The van der Waals surface area contributed by atoms with Gasteiger partial charge in [-0.2, -0.15) is 0 Å². The quantitative estimate of drug-likeness (QED) is 0.630. The van der Waals surface area contributed by atoms with Crippen LogP contribution in [0.25, 0.3) is 6.08 Å². The van der Waals surface area contributed by atoms with Crippen molar-refractivity contribution in [1.82, 2.24) is 9.88 Å². The molecule has 2 rings (SSSR count). The molecule has 7 nitrogen and oxygen atoms in total. The fourth-order valence-electron chi connectivity index (χ4n) is 1.79. The van der Waals surface area contributed by atoms with Crippen molar-refractivity contribution in [3.63, 3.8) is 0 Å². The van der Waals surface area contributed by atoms with E-state index in [1.807, 2.05) is 0 Å².